The van der Waals surface area contributed by atoms with Gasteiger partial charge in [-0.05, 0) is 33.1 Å². The van der Waals surface area contributed by atoms with Crippen LogP contribution in [0.3, 0.4) is 0 Å². The van der Waals surface area contributed by atoms with E-state index >= 15 is 0 Å². The van der Waals surface area contributed by atoms with Crippen LogP contribution in [0.1, 0.15) is 84.5 Å². The van der Waals surface area contributed by atoms with Crippen LogP contribution >= 0.6 is 0 Å². The minimum absolute atomic E-state index is 0.0331. The molecular weight excluding hydrogens is 529 g/mol. The van der Waals surface area contributed by atoms with Crippen LogP contribution in [0.15, 0.2) is 0 Å². The number of halogens is 5. The van der Waals surface area contributed by atoms with Crippen molar-refractivity contribution in [3.8, 4) is 0 Å². The van der Waals surface area contributed by atoms with Crippen molar-refractivity contribution < 1.29 is 50.6 Å². The highest BCUT2D eigenvalue weighted by molar-refractivity contribution is 5.90. The fourth-order valence-corrected chi connectivity index (χ4v) is 5.53. The van der Waals surface area contributed by atoms with Gasteiger partial charge in [-0.1, -0.05) is 27.7 Å². The summed E-state index contributed by atoms with van der Waals surface area (Å²) in [5.74, 6) is -14.9. The first-order valence-electron chi connectivity index (χ1n) is 13.0. The molecule has 1 spiro atoms. The largest absolute Gasteiger partial charge is 0.461 e. The van der Waals surface area contributed by atoms with E-state index < -0.39 is 75.5 Å². The Morgan fingerprint density at radius 3 is 1.85 bits per heavy atom. The van der Waals surface area contributed by atoms with Crippen molar-refractivity contribution in [2.24, 2.45) is 11.3 Å². The third kappa shape index (κ3) is 5.15. The molecule has 0 aliphatic carbocycles. The van der Waals surface area contributed by atoms with Gasteiger partial charge >= 0.3 is 11.9 Å². The molecule has 2 heterocycles. The van der Waals surface area contributed by atoms with Crippen LogP contribution < -0.4 is 0 Å². The highest BCUT2D eigenvalue weighted by Crippen LogP contribution is 2.54. The standard InChI is InChI=1S/C27H36F5NO6/c1-8-24(6)11-27(15(4)25(7,9-2)33(24)39-16(5)34)37-13-26(10-3,14-38-27)12-36-23(35)17-18(28)20(30)22(32)21(31)19(17)29/h15H,8-14H2,1-7H3. The minimum Gasteiger partial charge on any atom is -0.461 e. The van der Waals surface area contributed by atoms with Crippen LogP contribution in [0, 0.1) is 40.4 Å². The topological polar surface area (TPSA) is 74.3 Å². The van der Waals surface area contributed by atoms with Gasteiger partial charge in [0, 0.05) is 19.3 Å². The number of rotatable bonds is 7. The second kappa shape index (κ2) is 10.9. The third-order valence-electron chi connectivity index (χ3n) is 8.79. The van der Waals surface area contributed by atoms with Gasteiger partial charge in [-0.2, -0.15) is 0 Å². The molecule has 3 atom stereocenters. The number of piperidine rings is 1. The normalized spacial score (nSPS) is 33.3. The van der Waals surface area contributed by atoms with E-state index in [1.54, 1.807) is 12.0 Å². The number of hydrogen-bond acceptors (Lipinski definition) is 7. The first kappa shape index (κ1) is 31.2. The van der Waals surface area contributed by atoms with Crippen LogP contribution in [0.5, 0.6) is 0 Å². The highest BCUT2D eigenvalue weighted by atomic mass is 19.2. The van der Waals surface area contributed by atoms with Crippen molar-refractivity contribution in [2.45, 2.75) is 91.0 Å². The lowest BCUT2D eigenvalue weighted by atomic mass is 9.66. The summed E-state index contributed by atoms with van der Waals surface area (Å²) in [5.41, 5.74) is -3.91. The lowest BCUT2D eigenvalue weighted by molar-refractivity contribution is -0.402. The van der Waals surface area contributed by atoms with Crippen LogP contribution in [-0.2, 0) is 23.8 Å². The van der Waals surface area contributed by atoms with Crippen LogP contribution in [0.2, 0.25) is 0 Å². The summed E-state index contributed by atoms with van der Waals surface area (Å²) >= 11 is 0. The summed E-state index contributed by atoms with van der Waals surface area (Å²) < 4.78 is 86.6. The fraction of sp³-hybridized carbons (Fsp3) is 0.704. The van der Waals surface area contributed by atoms with Gasteiger partial charge in [0.05, 0.1) is 29.7 Å². The molecule has 0 saturated carbocycles. The Bertz CT molecular complexity index is 1100. The zero-order valence-corrected chi connectivity index (χ0v) is 23.3. The molecule has 3 rings (SSSR count). The smallest absolute Gasteiger partial charge is 0.344 e. The average molecular weight is 566 g/mol. The number of nitrogens with zero attached hydrogens (tertiary/aromatic N) is 1. The molecule has 1 aromatic rings. The molecule has 2 fully saturated rings. The predicted octanol–water partition coefficient (Wildman–Crippen LogP) is 5.84. The van der Waals surface area contributed by atoms with Gasteiger partial charge in [-0.25, -0.2) is 26.7 Å². The number of carbonyl (C=O) groups is 2. The van der Waals surface area contributed by atoms with Gasteiger partial charge < -0.3 is 19.0 Å². The van der Waals surface area contributed by atoms with E-state index in [2.05, 4.69) is 0 Å². The van der Waals surface area contributed by atoms with Crippen LogP contribution in [0.25, 0.3) is 0 Å². The molecule has 1 aromatic carbocycles. The average Bonchev–Trinajstić information content (AvgIpc) is 2.92. The number of ether oxygens (including phenoxy) is 3. The molecule has 39 heavy (non-hydrogen) atoms. The Labute approximate surface area is 224 Å². The fourth-order valence-electron chi connectivity index (χ4n) is 5.53. The number of hydroxylamine groups is 2. The molecule has 2 aliphatic rings. The van der Waals surface area contributed by atoms with Gasteiger partial charge in [0.1, 0.15) is 12.2 Å². The molecule has 3 unspecified atom stereocenters. The molecule has 220 valence electrons. The first-order chi connectivity index (χ1) is 18.1. The van der Waals surface area contributed by atoms with E-state index in [0.29, 0.717) is 25.7 Å². The third-order valence-corrected chi connectivity index (χ3v) is 8.79. The van der Waals surface area contributed by atoms with Crippen molar-refractivity contribution >= 4 is 11.9 Å². The molecule has 2 saturated heterocycles. The van der Waals surface area contributed by atoms with E-state index in [1.807, 2.05) is 34.6 Å². The Balaban J connectivity index is 1.84. The zero-order valence-electron chi connectivity index (χ0n) is 23.3. The van der Waals surface area contributed by atoms with Crippen molar-refractivity contribution in [3.05, 3.63) is 34.6 Å². The maximum absolute atomic E-state index is 14.1. The van der Waals surface area contributed by atoms with E-state index in [0.717, 1.165) is 0 Å². The quantitative estimate of drug-likeness (QED) is 0.178. The maximum Gasteiger partial charge on any atom is 0.344 e. The number of carbonyl (C=O) groups excluding carboxylic acids is 2. The van der Waals surface area contributed by atoms with Gasteiger partial charge in [0.25, 0.3) is 0 Å². The van der Waals surface area contributed by atoms with E-state index in [9.17, 15) is 31.5 Å². The summed E-state index contributed by atoms with van der Waals surface area (Å²) in [4.78, 5) is 30.1. The Morgan fingerprint density at radius 2 is 1.41 bits per heavy atom. The van der Waals surface area contributed by atoms with Crippen LogP contribution in [-0.4, -0.2) is 53.7 Å². The molecule has 0 N–H and O–H groups in total. The molecular formula is C27H36F5NO6. The second-order valence-electron chi connectivity index (χ2n) is 11.1. The van der Waals surface area contributed by atoms with Crippen molar-refractivity contribution in [1.29, 1.82) is 0 Å². The summed E-state index contributed by atoms with van der Waals surface area (Å²) in [5, 5.41) is 1.75. The van der Waals surface area contributed by atoms with Gasteiger partial charge in [0.15, 0.2) is 29.1 Å². The van der Waals surface area contributed by atoms with Crippen LogP contribution in [0.4, 0.5) is 22.0 Å². The van der Waals surface area contributed by atoms with Crippen molar-refractivity contribution in [1.82, 2.24) is 5.06 Å². The Hall–Kier alpha value is -2.31. The van der Waals surface area contributed by atoms with E-state index in [1.165, 1.54) is 6.92 Å². The molecule has 12 heteroatoms. The minimum atomic E-state index is -2.36. The van der Waals surface area contributed by atoms with Gasteiger partial charge in [-0.3, -0.25) is 4.79 Å². The number of esters is 1. The SMILES string of the molecule is CCC1(COC(=O)c2c(F)c(F)c(F)c(F)c2F)COC2(CC(C)(CC)N(OC(C)=O)C(C)(CC)C2C)OC1. The molecule has 0 aromatic heterocycles. The summed E-state index contributed by atoms with van der Waals surface area (Å²) in [7, 11) is 0. The zero-order chi connectivity index (χ0) is 29.6. The van der Waals surface area contributed by atoms with Crippen molar-refractivity contribution in [3.63, 3.8) is 0 Å². The number of hydrogen-bond donors (Lipinski definition) is 0. The lowest BCUT2D eigenvalue weighted by Crippen LogP contribution is -2.74. The Morgan fingerprint density at radius 1 is 0.897 bits per heavy atom. The lowest BCUT2D eigenvalue weighted by Gasteiger charge is -2.63. The second-order valence-corrected chi connectivity index (χ2v) is 11.1. The predicted molar refractivity (Wildman–Crippen MR) is 129 cm³/mol. The number of benzene rings is 1. The molecule has 0 bridgehead atoms. The summed E-state index contributed by atoms with van der Waals surface area (Å²) in [6.07, 6.45) is 1.92. The molecule has 0 amide bonds. The Kier molecular flexibility index (Phi) is 8.75. The molecule has 2 aliphatic heterocycles. The first-order valence-corrected chi connectivity index (χ1v) is 13.0. The monoisotopic (exact) mass is 565 g/mol. The van der Waals surface area contributed by atoms with Gasteiger partial charge in [-0.15, -0.1) is 5.06 Å². The maximum atomic E-state index is 14.1. The highest BCUT2D eigenvalue weighted by Gasteiger charge is 2.64. The molecule has 7 nitrogen and oxygen atoms in total. The molecule has 0 radical (unpaired) electrons. The van der Waals surface area contributed by atoms with E-state index in [-0.39, 0.29) is 19.1 Å². The summed E-state index contributed by atoms with van der Waals surface area (Å²) in [6, 6.07) is 0. The van der Waals surface area contributed by atoms with Gasteiger partial charge in [0.2, 0.25) is 5.82 Å². The van der Waals surface area contributed by atoms with E-state index in [4.69, 9.17) is 19.0 Å². The van der Waals surface area contributed by atoms with Crippen molar-refractivity contribution in [2.75, 3.05) is 19.8 Å². The summed E-state index contributed by atoms with van der Waals surface area (Å²) in [6.45, 7) is 12.5.